The van der Waals surface area contributed by atoms with Gasteiger partial charge in [0.05, 0.1) is 19.5 Å². The van der Waals surface area contributed by atoms with Gasteiger partial charge in [-0.1, -0.05) is 42.5 Å². The van der Waals surface area contributed by atoms with E-state index >= 15 is 0 Å². The Morgan fingerprint density at radius 2 is 1.09 bits per heavy atom. The van der Waals surface area contributed by atoms with Crippen molar-refractivity contribution >= 4 is 65.1 Å². The van der Waals surface area contributed by atoms with Crippen molar-refractivity contribution < 1.29 is 68.1 Å². The molecule has 344 valence electrons. The molecule has 2 aromatic carbocycles. The molecule has 2 aliphatic rings. The molecule has 0 saturated carbocycles. The van der Waals surface area contributed by atoms with E-state index in [1.807, 2.05) is 0 Å². The normalized spacial score (nSPS) is 23.4. The maximum absolute atomic E-state index is 14.2. The Kier molecular flexibility index (Phi) is 18.1. The Morgan fingerprint density at radius 3 is 1.67 bits per heavy atom. The molecule has 2 aromatic rings. The highest BCUT2D eigenvalue weighted by Gasteiger charge is 2.40. The summed E-state index contributed by atoms with van der Waals surface area (Å²) in [4.78, 5) is 146. The van der Waals surface area contributed by atoms with Gasteiger partial charge in [0.25, 0.3) is 0 Å². The van der Waals surface area contributed by atoms with E-state index in [-0.39, 0.29) is 38.0 Å². The average molecular weight is 894 g/mol. The van der Waals surface area contributed by atoms with E-state index in [1.165, 1.54) is 24.3 Å². The molecular formula is C41H51N9O14. The third-order valence-corrected chi connectivity index (χ3v) is 10.2. The smallest absolute Gasteiger partial charge is 0.303 e. The molecule has 2 aliphatic heterocycles. The summed E-state index contributed by atoms with van der Waals surface area (Å²) in [5.74, 6) is -11.5. The highest BCUT2D eigenvalue weighted by atomic mass is 16.4. The zero-order valence-corrected chi connectivity index (χ0v) is 34.5. The number of fused-ring (bicyclic) bond motifs is 1. The Hall–Kier alpha value is -7.59. The van der Waals surface area contributed by atoms with Crippen molar-refractivity contribution in [2.45, 2.75) is 94.0 Å². The summed E-state index contributed by atoms with van der Waals surface area (Å²) in [6.07, 6.45) is -3.12. The van der Waals surface area contributed by atoms with Crippen molar-refractivity contribution in [3.05, 3.63) is 65.7 Å². The van der Waals surface area contributed by atoms with Gasteiger partial charge in [-0.15, -0.1) is 0 Å². The number of nitrogens with zero attached hydrogens (tertiary/aromatic N) is 1. The number of rotatable bonds is 12. The van der Waals surface area contributed by atoms with Crippen molar-refractivity contribution in [3.63, 3.8) is 0 Å². The molecule has 2 heterocycles. The first-order chi connectivity index (χ1) is 30.4. The first-order valence-corrected chi connectivity index (χ1v) is 20.3. The van der Waals surface area contributed by atoms with Crippen LogP contribution in [-0.2, 0) is 65.6 Å². The number of carboxylic acid groups (broad SMARTS) is 2. The topological polar surface area (TPSA) is 362 Å². The number of amides is 9. The third kappa shape index (κ3) is 15.4. The monoisotopic (exact) mass is 893 g/mol. The van der Waals surface area contributed by atoms with Crippen LogP contribution in [0.25, 0.3) is 0 Å². The Bertz CT molecular complexity index is 2080. The van der Waals surface area contributed by atoms with E-state index in [0.29, 0.717) is 11.1 Å². The number of benzene rings is 2. The minimum absolute atomic E-state index is 0.0287. The van der Waals surface area contributed by atoms with Gasteiger partial charge in [0.1, 0.15) is 42.0 Å². The number of carbonyl (C=O) groups is 11. The van der Waals surface area contributed by atoms with E-state index < -0.39 is 147 Å². The Labute approximate surface area is 365 Å². The summed E-state index contributed by atoms with van der Waals surface area (Å²) in [6, 6.07) is 4.75. The number of primary amides is 1. The van der Waals surface area contributed by atoms with Crippen LogP contribution in [0.15, 0.2) is 54.6 Å². The highest BCUT2D eigenvalue weighted by Crippen LogP contribution is 2.21. The fraction of sp³-hybridized carbons (Fsp3) is 0.439. The number of aromatic hydroxyl groups is 1. The molecule has 64 heavy (non-hydrogen) atoms. The van der Waals surface area contributed by atoms with Crippen LogP contribution in [0.3, 0.4) is 0 Å². The summed E-state index contributed by atoms with van der Waals surface area (Å²) in [5.41, 5.74) is 6.45. The van der Waals surface area contributed by atoms with Gasteiger partial charge in [0, 0.05) is 32.2 Å². The Morgan fingerprint density at radius 1 is 0.594 bits per heavy atom. The van der Waals surface area contributed by atoms with Crippen LogP contribution < -0.4 is 43.0 Å². The lowest BCUT2D eigenvalue weighted by molar-refractivity contribution is -0.143. The molecule has 0 radical (unpaired) electrons. The van der Waals surface area contributed by atoms with E-state index in [2.05, 4.69) is 37.2 Å². The van der Waals surface area contributed by atoms with Crippen LogP contribution >= 0.6 is 0 Å². The van der Waals surface area contributed by atoms with Crippen LogP contribution in [0.5, 0.6) is 5.75 Å². The average Bonchev–Trinajstić information content (AvgIpc) is 3.75. The second-order valence-corrected chi connectivity index (χ2v) is 15.1. The lowest BCUT2D eigenvalue weighted by atomic mass is 10.0. The molecule has 0 spiro atoms. The Balaban J connectivity index is 1.73. The number of hydrogen-bond donors (Lipinski definition) is 11. The molecule has 12 N–H and O–H groups in total. The number of phenolic OH excluding ortho intramolecular Hbond substituents is 1. The molecule has 0 aliphatic carbocycles. The zero-order valence-electron chi connectivity index (χ0n) is 34.5. The second-order valence-electron chi connectivity index (χ2n) is 15.1. The zero-order chi connectivity index (χ0) is 46.9. The molecular weight excluding hydrogens is 842 g/mol. The first kappa shape index (κ1) is 49.1. The molecule has 0 aromatic heterocycles. The number of carbonyl (C=O) groups excluding carboxylic acids is 9. The van der Waals surface area contributed by atoms with Crippen LogP contribution in [0.4, 0.5) is 0 Å². The maximum atomic E-state index is 14.2. The standard InChI is InChI=1S/C41H51N9O14/c42-31(52)19-29-41(64)50-16-4-7-30(50)40(63)48-28(17-22-5-2-1-3-6-22)39(62)47-26(13-15-35(57)58)37(60)46-25(12-14-34(55)56)36(59)44-20-32(53)43-21-33(54)45-27(38(61)49-29)18-23-8-10-24(51)11-9-23/h1-3,5-6,8-11,25-30,51H,4,7,12-21H2,(H2,42,52)(H,43,53)(H,44,59)(H,45,54)(H,46,60)(H,47,62)(H,48,63)(H,49,61)(H,55,56)(H,57,58)/t25-,26-,27-,28-,29-,30-/m0/s1. The summed E-state index contributed by atoms with van der Waals surface area (Å²) in [6.45, 7) is -1.58. The van der Waals surface area contributed by atoms with Crippen LogP contribution in [0.1, 0.15) is 56.1 Å². The van der Waals surface area contributed by atoms with E-state index in [1.54, 1.807) is 30.3 Å². The summed E-state index contributed by atoms with van der Waals surface area (Å²) >= 11 is 0. The van der Waals surface area contributed by atoms with Gasteiger partial charge in [0.2, 0.25) is 53.2 Å². The fourth-order valence-electron chi connectivity index (χ4n) is 6.98. The summed E-state index contributed by atoms with van der Waals surface area (Å²) < 4.78 is 0. The summed E-state index contributed by atoms with van der Waals surface area (Å²) in [7, 11) is 0. The molecule has 6 atom stereocenters. The van der Waals surface area contributed by atoms with Gasteiger partial charge in [-0.25, -0.2) is 0 Å². The number of hydrogen-bond acceptors (Lipinski definition) is 12. The van der Waals surface area contributed by atoms with Gasteiger partial charge in [-0.05, 0) is 48.9 Å². The second kappa shape index (κ2) is 23.6. The maximum Gasteiger partial charge on any atom is 0.303 e. The van der Waals surface area contributed by atoms with Gasteiger partial charge in [-0.2, -0.15) is 0 Å². The molecule has 2 saturated heterocycles. The molecule has 4 rings (SSSR count). The van der Waals surface area contributed by atoms with Crippen molar-refractivity contribution in [2.75, 3.05) is 19.6 Å². The van der Waals surface area contributed by atoms with E-state index in [4.69, 9.17) is 5.73 Å². The number of aliphatic carboxylic acids is 2. The number of nitrogens with one attached hydrogen (secondary N) is 7. The lowest BCUT2D eigenvalue weighted by Crippen LogP contribution is -2.60. The van der Waals surface area contributed by atoms with Gasteiger partial charge in [-0.3, -0.25) is 52.7 Å². The third-order valence-electron chi connectivity index (χ3n) is 10.2. The predicted octanol–water partition coefficient (Wildman–Crippen LogP) is -3.56. The van der Waals surface area contributed by atoms with Gasteiger partial charge in [0.15, 0.2) is 0 Å². The molecule has 23 nitrogen and oxygen atoms in total. The number of phenols is 1. The first-order valence-electron chi connectivity index (χ1n) is 20.3. The summed E-state index contributed by atoms with van der Waals surface area (Å²) in [5, 5.41) is 45.3. The van der Waals surface area contributed by atoms with Gasteiger partial charge < -0.3 is 63.2 Å². The molecule has 23 heteroatoms. The molecule has 0 unspecified atom stereocenters. The van der Waals surface area contributed by atoms with Crippen molar-refractivity contribution in [1.29, 1.82) is 0 Å². The van der Waals surface area contributed by atoms with Crippen LogP contribution in [0, 0.1) is 0 Å². The molecule has 0 bridgehead atoms. The largest absolute Gasteiger partial charge is 0.508 e. The van der Waals surface area contributed by atoms with E-state index in [9.17, 15) is 68.1 Å². The lowest BCUT2D eigenvalue weighted by Gasteiger charge is -2.30. The molecule has 9 amide bonds. The van der Waals surface area contributed by atoms with Gasteiger partial charge >= 0.3 is 11.9 Å². The number of carboxylic acids is 2. The van der Waals surface area contributed by atoms with Crippen molar-refractivity contribution in [3.8, 4) is 5.75 Å². The van der Waals surface area contributed by atoms with Crippen molar-refractivity contribution in [2.24, 2.45) is 5.73 Å². The quantitative estimate of drug-likeness (QED) is 0.0983. The number of nitrogens with two attached hydrogens (primary N) is 1. The fourth-order valence-corrected chi connectivity index (χ4v) is 6.98. The molecule has 2 fully saturated rings. The van der Waals surface area contributed by atoms with Crippen molar-refractivity contribution in [1.82, 2.24) is 42.1 Å². The minimum Gasteiger partial charge on any atom is -0.508 e. The van der Waals surface area contributed by atoms with E-state index in [0.717, 1.165) is 4.90 Å². The van der Waals surface area contributed by atoms with Crippen LogP contribution in [-0.4, -0.2) is 141 Å². The highest BCUT2D eigenvalue weighted by molar-refractivity contribution is 5.99. The minimum atomic E-state index is -1.66. The van der Waals surface area contributed by atoms with Crippen LogP contribution in [0.2, 0.25) is 0 Å². The predicted molar refractivity (Wildman–Crippen MR) is 220 cm³/mol. The SMILES string of the molecule is NC(=O)C[C@@H]1NC(=O)[C@H](Cc2ccc(O)cc2)NC(=O)CNC(=O)CNC(=O)[C@H](CCC(=O)O)NC(=O)[C@H](CCC(=O)O)NC(=O)[C@H](Cc2ccccc2)NC(=O)[C@@H]2CCCN2C1=O.